The van der Waals surface area contributed by atoms with Gasteiger partial charge in [-0.05, 0) is 70.6 Å². The van der Waals surface area contributed by atoms with E-state index in [1.807, 2.05) is 0 Å². The van der Waals surface area contributed by atoms with E-state index in [9.17, 15) is 14.4 Å². The van der Waals surface area contributed by atoms with Crippen LogP contribution in [0.4, 0.5) is 0 Å². The highest BCUT2D eigenvalue weighted by atomic mass is 16.6. The van der Waals surface area contributed by atoms with Gasteiger partial charge in [0.1, 0.15) is 13.2 Å². The van der Waals surface area contributed by atoms with Gasteiger partial charge in [-0.3, -0.25) is 14.4 Å². The standard InChI is InChI=1S/C72H128O6/c1-4-7-10-13-16-19-22-25-27-29-31-33-34-35-36-37-38-40-41-43-45-47-50-53-56-59-62-65-71(74)77-68-69(67-76-70(73)64-61-58-55-52-49-24-21-18-15-12-9-6-3)78-72(75)66-63-60-57-54-51-48-46-44-42-39-32-30-28-26-23-20-17-14-11-8-5-2/h7,10,16,19,25,27,31,33,35-36,38,40,69H,4-6,8-9,11-15,17-18,20-24,26,28-30,32,34,37,39,41-68H2,1-3H3/b10-7-,19-16-,27-25-,33-31-,36-35-,40-38-. The SMILES string of the molecule is CC/C=C\C/C=C\C/C=C\C/C=C\C/C=C\C/C=C\CCCCCCCCCCC(=O)OCC(COC(=O)CCCCCCCCCCCCCC)OC(=O)CCCCCCCCCCCCCCCCCCCCCCC. The van der Waals surface area contributed by atoms with Crippen LogP contribution < -0.4 is 0 Å². The van der Waals surface area contributed by atoms with Crippen LogP contribution in [-0.2, 0) is 28.6 Å². The number of hydrogen-bond donors (Lipinski definition) is 0. The Labute approximate surface area is 484 Å². The molecule has 0 aromatic carbocycles. The highest BCUT2D eigenvalue weighted by Crippen LogP contribution is 2.18. The monoisotopic (exact) mass is 1090 g/mol. The Kier molecular flexibility index (Phi) is 63.7. The molecule has 1 unspecified atom stereocenters. The minimum absolute atomic E-state index is 0.0726. The number of hydrogen-bond acceptors (Lipinski definition) is 6. The molecule has 452 valence electrons. The number of unbranched alkanes of at least 4 members (excludes halogenated alkanes) is 39. The molecule has 0 aromatic rings. The fourth-order valence-electron chi connectivity index (χ4n) is 9.92. The third-order valence-electron chi connectivity index (χ3n) is 15.0. The van der Waals surface area contributed by atoms with Crippen LogP contribution in [0.25, 0.3) is 0 Å². The van der Waals surface area contributed by atoms with E-state index < -0.39 is 6.10 Å². The molecule has 6 heteroatoms. The molecule has 0 spiro atoms. The summed E-state index contributed by atoms with van der Waals surface area (Å²) in [5, 5.41) is 0. The molecular weight excluding hydrogens is 961 g/mol. The second-order valence-electron chi connectivity index (χ2n) is 22.7. The predicted octanol–water partition coefficient (Wildman–Crippen LogP) is 23.3. The van der Waals surface area contributed by atoms with Crippen molar-refractivity contribution in [2.24, 2.45) is 0 Å². The van der Waals surface area contributed by atoms with Crippen molar-refractivity contribution in [3.05, 3.63) is 72.9 Å². The van der Waals surface area contributed by atoms with Gasteiger partial charge in [0.15, 0.2) is 6.10 Å². The molecule has 0 saturated carbocycles. The van der Waals surface area contributed by atoms with Gasteiger partial charge in [0.05, 0.1) is 0 Å². The first-order chi connectivity index (χ1) is 38.5. The van der Waals surface area contributed by atoms with Crippen LogP contribution in [0.15, 0.2) is 72.9 Å². The third-order valence-corrected chi connectivity index (χ3v) is 15.0. The van der Waals surface area contributed by atoms with E-state index in [1.54, 1.807) is 0 Å². The Morgan fingerprint density at radius 3 is 0.782 bits per heavy atom. The summed E-state index contributed by atoms with van der Waals surface area (Å²) in [6.07, 6.45) is 86.3. The van der Waals surface area contributed by atoms with Crippen LogP contribution >= 0.6 is 0 Å². The summed E-state index contributed by atoms with van der Waals surface area (Å²) < 4.78 is 17.0. The molecule has 6 nitrogen and oxygen atoms in total. The Morgan fingerprint density at radius 2 is 0.500 bits per heavy atom. The van der Waals surface area contributed by atoms with Gasteiger partial charge in [-0.2, -0.15) is 0 Å². The molecule has 1 atom stereocenters. The molecule has 0 bridgehead atoms. The first-order valence-corrected chi connectivity index (χ1v) is 33.9. The van der Waals surface area contributed by atoms with Crippen LogP contribution in [0.1, 0.15) is 348 Å². The average Bonchev–Trinajstić information content (AvgIpc) is 3.44. The van der Waals surface area contributed by atoms with Crippen molar-refractivity contribution in [1.29, 1.82) is 0 Å². The zero-order chi connectivity index (χ0) is 56.4. The van der Waals surface area contributed by atoms with Gasteiger partial charge >= 0.3 is 17.9 Å². The normalized spacial score (nSPS) is 12.5. The molecule has 0 rings (SSSR count). The topological polar surface area (TPSA) is 78.9 Å². The summed E-state index contributed by atoms with van der Waals surface area (Å²) in [5.74, 6) is -0.860. The molecule has 78 heavy (non-hydrogen) atoms. The smallest absolute Gasteiger partial charge is 0.306 e. The van der Waals surface area contributed by atoms with Crippen molar-refractivity contribution in [3.63, 3.8) is 0 Å². The lowest BCUT2D eigenvalue weighted by molar-refractivity contribution is -0.167. The highest BCUT2D eigenvalue weighted by Gasteiger charge is 2.19. The molecule has 0 aliphatic carbocycles. The fraction of sp³-hybridized carbons (Fsp3) is 0.792. The van der Waals surface area contributed by atoms with Crippen molar-refractivity contribution in [2.45, 2.75) is 354 Å². The molecule has 0 amide bonds. The third kappa shape index (κ3) is 63.7. The Morgan fingerprint density at radius 1 is 0.269 bits per heavy atom. The first-order valence-electron chi connectivity index (χ1n) is 33.9. The van der Waals surface area contributed by atoms with Crippen LogP contribution in [0.3, 0.4) is 0 Å². The Balaban J connectivity index is 4.27. The molecular formula is C72H128O6. The van der Waals surface area contributed by atoms with E-state index in [1.165, 1.54) is 205 Å². The molecule has 0 aromatic heterocycles. The number of ether oxygens (including phenoxy) is 3. The van der Waals surface area contributed by atoms with Crippen LogP contribution in [0, 0.1) is 0 Å². The van der Waals surface area contributed by atoms with Crippen molar-refractivity contribution in [1.82, 2.24) is 0 Å². The van der Waals surface area contributed by atoms with Crippen molar-refractivity contribution in [3.8, 4) is 0 Å². The quantitative estimate of drug-likeness (QED) is 0.0261. The van der Waals surface area contributed by atoms with Gasteiger partial charge in [0.2, 0.25) is 0 Å². The summed E-state index contributed by atoms with van der Waals surface area (Å²) in [4.78, 5) is 38.4. The van der Waals surface area contributed by atoms with Crippen LogP contribution in [0.2, 0.25) is 0 Å². The van der Waals surface area contributed by atoms with E-state index in [2.05, 4.69) is 93.7 Å². The molecule has 0 aliphatic heterocycles. The zero-order valence-corrected chi connectivity index (χ0v) is 51.9. The van der Waals surface area contributed by atoms with Crippen molar-refractivity contribution in [2.75, 3.05) is 13.2 Å². The number of carbonyl (C=O) groups is 3. The molecule has 0 N–H and O–H groups in total. The highest BCUT2D eigenvalue weighted by molar-refractivity contribution is 5.71. The molecule has 0 fully saturated rings. The summed E-state index contributed by atoms with van der Waals surface area (Å²) in [7, 11) is 0. The predicted molar refractivity (Wildman–Crippen MR) is 339 cm³/mol. The van der Waals surface area contributed by atoms with Gasteiger partial charge in [0, 0.05) is 19.3 Å². The molecule has 0 heterocycles. The summed E-state index contributed by atoms with van der Waals surface area (Å²) in [5.41, 5.74) is 0. The molecule has 0 aliphatic rings. The zero-order valence-electron chi connectivity index (χ0n) is 51.9. The van der Waals surface area contributed by atoms with Crippen molar-refractivity contribution >= 4 is 17.9 Å². The van der Waals surface area contributed by atoms with E-state index in [0.29, 0.717) is 19.3 Å². The Hall–Kier alpha value is -3.15. The number of allylic oxidation sites excluding steroid dienone is 12. The summed E-state index contributed by atoms with van der Waals surface area (Å²) >= 11 is 0. The fourth-order valence-corrected chi connectivity index (χ4v) is 9.92. The number of esters is 3. The van der Waals surface area contributed by atoms with Crippen LogP contribution in [-0.4, -0.2) is 37.2 Å². The van der Waals surface area contributed by atoms with Gasteiger partial charge in [-0.15, -0.1) is 0 Å². The van der Waals surface area contributed by atoms with E-state index >= 15 is 0 Å². The minimum atomic E-state index is -0.776. The second-order valence-corrected chi connectivity index (χ2v) is 22.7. The van der Waals surface area contributed by atoms with Gasteiger partial charge < -0.3 is 14.2 Å². The maximum absolute atomic E-state index is 12.9. The van der Waals surface area contributed by atoms with E-state index in [-0.39, 0.29) is 31.1 Å². The van der Waals surface area contributed by atoms with Gasteiger partial charge in [-0.25, -0.2) is 0 Å². The molecule has 0 radical (unpaired) electrons. The van der Waals surface area contributed by atoms with E-state index in [4.69, 9.17) is 14.2 Å². The van der Waals surface area contributed by atoms with Crippen LogP contribution in [0.5, 0.6) is 0 Å². The van der Waals surface area contributed by atoms with E-state index in [0.717, 1.165) is 103 Å². The van der Waals surface area contributed by atoms with Gasteiger partial charge in [-0.1, -0.05) is 331 Å². The van der Waals surface area contributed by atoms with Crippen molar-refractivity contribution < 1.29 is 28.6 Å². The lowest BCUT2D eigenvalue weighted by Gasteiger charge is -2.18. The molecule has 0 saturated heterocycles. The maximum atomic E-state index is 12.9. The number of rotatable bonds is 62. The summed E-state index contributed by atoms with van der Waals surface area (Å²) in [6.45, 7) is 6.57. The van der Waals surface area contributed by atoms with Gasteiger partial charge in [0.25, 0.3) is 0 Å². The number of carbonyl (C=O) groups excluding carboxylic acids is 3. The summed E-state index contributed by atoms with van der Waals surface area (Å²) in [6, 6.07) is 0. The lowest BCUT2D eigenvalue weighted by atomic mass is 10.0. The maximum Gasteiger partial charge on any atom is 0.306 e. The average molecular weight is 1090 g/mol. The first kappa shape index (κ1) is 74.8. The lowest BCUT2D eigenvalue weighted by Crippen LogP contribution is -2.30. The second kappa shape index (κ2) is 66.4. The minimum Gasteiger partial charge on any atom is -0.462 e. The Bertz CT molecular complexity index is 1440. The largest absolute Gasteiger partial charge is 0.462 e.